The fourth-order valence-corrected chi connectivity index (χ4v) is 5.94. The lowest BCUT2D eigenvalue weighted by Crippen LogP contribution is -2.11. The Kier molecular flexibility index (Phi) is 5.50. The van der Waals surface area contributed by atoms with Crippen molar-refractivity contribution in [3.8, 4) is 32.8 Å². The van der Waals surface area contributed by atoms with Crippen LogP contribution >= 0.6 is 11.3 Å². The van der Waals surface area contributed by atoms with Gasteiger partial charge >= 0.3 is 0 Å². The second-order valence-electron chi connectivity index (χ2n) is 10.6. The van der Waals surface area contributed by atoms with Gasteiger partial charge in [0.15, 0.2) is 0 Å². The highest BCUT2D eigenvalue weighted by Gasteiger charge is 2.20. The van der Waals surface area contributed by atoms with Crippen molar-refractivity contribution in [3.63, 3.8) is 0 Å². The quantitative estimate of drug-likeness (QED) is 0.244. The van der Waals surface area contributed by atoms with Crippen LogP contribution in [0, 0.1) is 6.92 Å². The van der Waals surface area contributed by atoms with E-state index in [1.165, 1.54) is 54.4 Å². The topological polar surface area (TPSA) is 12.9 Å². The molecular formula is C34H29NS. The van der Waals surface area contributed by atoms with Gasteiger partial charge in [0.25, 0.3) is 0 Å². The molecule has 0 unspecified atom stereocenters. The molecule has 36 heavy (non-hydrogen) atoms. The van der Waals surface area contributed by atoms with Gasteiger partial charge in [-0.2, -0.15) is 0 Å². The van der Waals surface area contributed by atoms with Crippen LogP contribution in [0.2, 0.25) is 0 Å². The molecule has 1 heterocycles. The summed E-state index contributed by atoms with van der Waals surface area (Å²) in [6.45, 7) is 9.01. The summed E-state index contributed by atoms with van der Waals surface area (Å²) < 4.78 is 1.24. The Morgan fingerprint density at radius 1 is 0.611 bits per heavy atom. The summed E-state index contributed by atoms with van der Waals surface area (Å²) in [4.78, 5) is 5.18. The highest BCUT2D eigenvalue weighted by Crippen LogP contribution is 2.40. The van der Waals surface area contributed by atoms with Gasteiger partial charge < -0.3 is 0 Å². The van der Waals surface area contributed by atoms with Crippen LogP contribution in [0.15, 0.2) is 103 Å². The van der Waals surface area contributed by atoms with E-state index in [1.54, 1.807) is 11.3 Å². The van der Waals surface area contributed by atoms with E-state index in [4.69, 9.17) is 4.98 Å². The van der Waals surface area contributed by atoms with Gasteiger partial charge in [-0.05, 0) is 69.1 Å². The van der Waals surface area contributed by atoms with Gasteiger partial charge in [-0.1, -0.05) is 106 Å². The van der Waals surface area contributed by atoms with Gasteiger partial charge in [0.1, 0.15) is 5.01 Å². The Morgan fingerprint density at radius 2 is 1.28 bits per heavy atom. The third-order valence-electron chi connectivity index (χ3n) is 7.02. The summed E-state index contributed by atoms with van der Waals surface area (Å²) in [5.74, 6) is 0. The molecule has 0 bridgehead atoms. The molecule has 176 valence electrons. The van der Waals surface area contributed by atoms with E-state index in [0.29, 0.717) is 0 Å². The van der Waals surface area contributed by atoms with Crippen LogP contribution < -0.4 is 0 Å². The Morgan fingerprint density at radius 3 is 2.03 bits per heavy atom. The van der Waals surface area contributed by atoms with Crippen LogP contribution in [0.4, 0.5) is 0 Å². The summed E-state index contributed by atoms with van der Waals surface area (Å²) in [6.07, 6.45) is 0. The molecule has 0 N–H and O–H groups in total. The van der Waals surface area contributed by atoms with Crippen molar-refractivity contribution < 1.29 is 0 Å². The van der Waals surface area contributed by atoms with E-state index in [1.807, 2.05) is 0 Å². The Hall–Kier alpha value is -3.75. The number of rotatable bonds is 3. The van der Waals surface area contributed by atoms with Gasteiger partial charge in [0, 0.05) is 11.1 Å². The molecule has 0 atom stereocenters. The Labute approximate surface area is 217 Å². The molecule has 0 radical (unpaired) electrons. The van der Waals surface area contributed by atoms with E-state index in [0.717, 1.165) is 10.5 Å². The molecule has 0 spiro atoms. The second-order valence-corrected chi connectivity index (χ2v) is 11.6. The van der Waals surface area contributed by atoms with Gasteiger partial charge in [0.05, 0.1) is 10.2 Å². The third-order valence-corrected chi connectivity index (χ3v) is 8.05. The smallest absolute Gasteiger partial charge is 0.124 e. The second kappa shape index (κ2) is 8.72. The zero-order chi connectivity index (χ0) is 24.9. The molecule has 6 rings (SSSR count). The first-order valence-electron chi connectivity index (χ1n) is 12.5. The van der Waals surface area contributed by atoms with Crippen molar-refractivity contribution >= 4 is 32.3 Å². The lowest BCUT2D eigenvalue weighted by Gasteiger charge is -2.20. The third kappa shape index (κ3) is 4.12. The van der Waals surface area contributed by atoms with E-state index in [-0.39, 0.29) is 5.41 Å². The zero-order valence-corrected chi connectivity index (χ0v) is 22.0. The average molecular weight is 484 g/mol. The van der Waals surface area contributed by atoms with Crippen molar-refractivity contribution in [1.29, 1.82) is 0 Å². The number of thiazole rings is 1. The van der Waals surface area contributed by atoms with Gasteiger partial charge in [0.2, 0.25) is 0 Å². The van der Waals surface area contributed by atoms with Crippen molar-refractivity contribution in [3.05, 3.63) is 114 Å². The van der Waals surface area contributed by atoms with Crippen LogP contribution in [0.1, 0.15) is 31.9 Å². The van der Waals surface area contributed by atoms with Gasteiger partial charge in [-0.3, -0.25) is 0 Å². The average Bonchev–Trinajstić information content (AvgIpc) is 3.32. The van der Waals surface area contributed by atoms with E-state index in [2.05, 4.69) is 131 Å². The highest BCUT2D eigenvalue weighted by atomic mass is 32.1. The van der Waals surface area contributed by atoms with E-state index < -0.39 is 0 Å². The number of nitrogens with zero attached hydrogens (tertiary/aromatic N) is 1. The van der Waals surface area contributed by atoms with E-state index >= 15 is 0 Å². The standard InChI is InChI=1S/C34H29NS/c1-22-9-5-8-12-29(22)33-35-32-30(20-28(34(2,3)4)21-31(32)36-33)25-16-13-24(14-17-25)27-18-15-23-10-6-7-11-26(23)19-27/h5-21H,1-4H3. The predicted octanol–water partition coefficient (Wildman–Crippen LogP) is 10.1. The number of hydrogen-bond donors (Lipinski definition) is 0. The normalized spacial score (nSPS) is 11.9. The largest absolute Gasteiger partial charge is 0.235 e. The van der Waals surface area contributed by atoms with Crippen LogP contribution in [0.25, 0.3) is 53.8 Å². The first kappa shape index (κ1) is 22.7. The molecule has 0 saturated carbocycles. The van der Waals surface area contributed by atoms with E-state index in [9.17, 15) is 0 Å². The van der Waals surface area contributed by atoms with Crippen LogP contribution in [-0.2, 0) is 5.41 Å². The predicted molar refractivity (Wildman–Crippen MR) is 157 cm³/mol. The first-order chi connectivity index (χ1) is 17.4. The van der Waals surface area contributed by atoms with Crippen molar-refractivity contribution in [2.75, 3.05) is 0 Å². The molecule has 0 aliphatic carbocycles. The first-order valence-corrected chi connectivity index (χ1v) is 13.3. The number of aromatic nitrogens is 1. The maximum atomic E-state index is 5.18. The van der Waals surface area contributed by atoms with Crippen molar-refractivity contribution in [1.82, 2.24) is 4.98 Å². The maximum absolute atomic E-state index is 5.18. The molecule has 6 aromatic rings. The lowest BCUT2D eigenvalue weighted by molar-refractivity contribution is 0.591. The zero-order valence-electron chi connectivity index (χ0n) is 21.2. The number of benzene rings is 5. The number of hydrogen-bond acceptors (Lipinski definition) is 2. The van der Waals surface area contributed by atoms with Gasteiger partial charge in [-0.25, -0.2) is 4.98 Å². The summed E-state index contributed by atoms with van der Waals surface area (Å²) in [5, 5.41) is 3.63. The minimum absolute atomic E-state index is 0.0563. The van der Waals surface area contributed by atoms with Crippen LogP contribution in [0.3, 0.4) is 0 Å². The van der Waals surface area contributed by atoms with Crippen molar-refractivity contribution in [2.45, 2.75) is 33.1 Å². The minimum Gasteiger partial charge on any atom is -0.235 e. The minimum atomic E-state index is 0.0563. The number of fused-ring (bicyclic) bond motifs is 2. The molecule has 0 amide bonds. The highest BCUT2D eigenvalue weighted by molar-refractivity contribution is 7.21. The van der Waals surface area contributed by atoms with Crippen LogP contribution in [-0.4, -0.2) is 4.98 Å². The number of aryl methyl sites for hydroxylation is 1. The molecule has 5 aromatic carbocycles. The molecular weight excluding hydrogens is 454 g/mol. The molecule has 0 saturated heterocycles. The molecule has 0 aliphatic heterocycles. The molecule has 1 aromatic heterocycles. The summed E-state index contributed by atoms with van der Waals surface area (Å²) in [5.41, 5.74) is 9.84. The van der Waals surface area contributed by atoms with Crippen molar-refractivity contribution in [2.24, 2.45) is 0 Å². The monoisotopic (exact) mass is 483 g/mol. The van der Waals surface area contributed by atoms with Crippen LogP contribution in [0.5, 0.6) is 0 Å². The Bertz CT molecular complexity index is 1720. The lowest BCUT2D eigenvalue weighted by atomic mass is 9.85. The fourth-order valence-electron chi connectivity index (χ4n) is 4.82. The molecule has 2 heteroatoms. The molecule has 0 aliphatic rings. The SMILES string of the molecule is Cc1ccccc1-c1nc2c(-c3ccc(-c4ccc5ccccc5c4)cc3)cc(C(C)(C)C)cc2s1. The van der Waals surface area contributed by atoms with Gasteiger partial charge in [-0.15, -0.1) is 11.3 Å². The fraction of sp³-hybridized carbons (Fsp3) is 0.147. The molecule has 1 nitrogen and oxygen atoms in total. The maximum Gasteiger partial charge on any atom is 0.124 e. The molecule has 0 fully saturated rings. The Balaban J connectivity index is 1.47. The summed E-state index contributed by atoms with van der Waals surface area (Å²) >= 11 is 1.79. The summed E-state index contributed by atoms with van der Waals surface area (Å²) in [6, 6.07) is 37.4. The summed E-state index contributed by atoms with van der Waals surface area (Å²) in [7, 11) is 0.